The van der Waals surface area contributed by atoms with Crippen molar-refractivity contribution >= 4 is 45.9 Å². The van der Waals surface area contributed by atoms with E-state index in [1.807, 2.05) is 6.07 Å². The van der Waals surface area contributed by atoms with Crippen molar-refractivity contribution in [3.05, 3.63) is 85.1 Å². The molecule has 0 bridgehead atoms. The molecule has 4 aromatic rings. The number of ketones is 1. The van der Waals surface area contributed by atoms with Crippen LogP contribution in [-0.2, 0) is 18.9 Å². The van der Waals surface area contributed by atoms with E-state index in [1.54, 1.807) is 26.0 Å². The van der Waals surface area contributed by atoms with Crippen molar-refractivity contribution in [1.82, 2.24) is 35.1 Å². The minimum atomic E-state index is -5.86. The highest BCUT2D eigenvalue weighted by molar-refractivity contribution is 14.1. The molecule has 0 unspecified atom stereocenters. The van der Waals surface area contributed by atoms with Crippen LogP contribution in [-0.4, -0.2) is 54.2 Å². The quantitative estimate of drug-likeness (QED) is 0.144. The van der Waals surface area contributed by atoms with Gasteiger partial charge in [0, 0.05) is 28.3 Å². The summed E-state index contributed by atoms with van der Waals surface area (Å²) >= 11 is 8.37. The number of hydrogen-bond acceptors (Lipinski definition) is 6. The fourth-order valence-electron chi connectivity index (χ4n) is 3.95. The SMILES string of the molecule is CCNC(=O)c1cc(I)cc(C)c1CC(=O)c1cc(Cn2cc(C(F)(F)C(F)(F)F)nn2)nn1-c1ncccc1Cl. The average Bonchev–Trinajstić information content (AvgIpc) is 3.53. The summed E-state index contributed by atoms with van der Waals surface area (Å²) in [5, 5.41) is 13.5. The zero-order valence-corrected chi connectivity index (χ0v) is 24.2. The highest BCUT2D eigenvalue weighted by Gasteiger charge is 2.60. The van der Waals surface area contributed by atoms with Crippen molar-refractivity contribution in [3.63, 3.8) is 0 Å². The lowest BCUT2D eigenvalue weighted by atomic mass is 9.95. The number of carbonyl (C=O) groups excluding carboxylic acids is 2. The number of nitrogens with zero attached hydrogens (tertiary/aromatic N) is 6. The highest BCUT2D eigenvalue weighted by atomic mass is 127. The second-order valence-electron chi connectivity index (χ2n) is 8.82. The first kappa shape index (κ1) is 30.5. The predicted octanol–water partition coefficient (Wildman–Crippen LogP) is 5.30. The minimum absolute atomic E-state index is 0.0126. The lowest BCUT2D eigenvalue weighted by Crippen LogP contribution is -2.34. The molecule has 41 heavy (non-hydrogen) atoms. The van der Waals surface area contributed by atoms with Gasteiger partial charge < -0.3 is 5.32 Å². The van der Waals surface area contributed by atoms with E-state index in [2.05, 4.69) is 48.3 Å². The summed E-state index contributed by atoms with van der Waals surface area (Å²) in [6.45, 7) is 3.52. The Labute approximate surface area is 248 Å². The number of hydrogen-bond donors (Lipinski definition) is 1. The number of rotatable bonds is 9. The number of nitrogens with one attached hydrogen (secondary N) is 1. The van der Waals surface area contributed by atoms with E-state index in [-0.39, 0.29) is 34.6 Å². The first-order valence-corrected chi connectivity index (χ1v) is 13.3. The maximum absolute atomic E-state index is 13.7. The molecule has 0 fully saturated rings. The molecule has 4 rings (SSSR count). The topological polar surface area (TPSA) is 108 Å². The molecule has 0 spiro atoms. The molecular formula is C25H20ClF5IN7O2. The molecule has 0 saturated carbocycles. The molecule has 0 atom stereocenters. The van der Waals surface area contributed by atoms with Gasteiger partial charge >= 0.3 is 12.1 Å². The number of halogens is 7. The van der Waals surface area contributed by atoms with Gasteiger partial charge in [0.25, 0.3) is 5.91 Å². The number of Topliss-reactive ketones (excluding diaryl/α,β-unsaturated/α-hetero) is 1. The van der Waals surface area contributed by atoms with Crippen LogP contribution in [0.4, 0.5) is 22.0 Å². The van der Waals surface area contributed by atoms with E-state index in [4.69, 9.17) is 11.6 Å². The Morgan fingerprint density at radius 3 is 2.54 bits per heavy atom. The van der Waals surface area contributed by atoms with Gasteiger partial charge in [0.2, 0.25) is 0 Å². The predicted molar refractivity (Wildman–Crippen MR) is 145 cm³/mol. The molecule has 0 aliphatic carbocycles. The van der Waals surface area contributed by atoms with Crippen molar-refractivity contribution in [3.8, 4) is 5.82 Å². The largest absolute Gasteiger partial charge is 0.459 e. The summed E-state index contributed by atoms with van der Waals surface area (Å²) in [4.78, 5) is 30.6. The van der Waals surface area contributed by atoms with E-state index in [1.165, 1.54) is 18.3 Å². The van der Waals surface area contributed by atoms with Gasteiger partial charge in [-0.15, -0.1) is 5.10 Å². The summed E-state index contributed by atoms with van der Waals surface area (Å²) < 4.78 is 68.3. The number of benzene rings is 1. The van der Waals surface area contributed by atoms with Gasteiger partial charge in [-0.1, -0.05) is 16.8 Å². The lowest BCUT2D eigenvalue weighted by Gasteiger charge is -2.16. The van der Waals surface area contributed by atoms with Gasteiger partial charge in [-0.2, -0.15) is 27.1 Å². The molecule has 9 nitrogen and oxygen atoms in total. The normalized spacial score (nSPS) is 12.0. The van der Waals surface area contributed by atoms with Gasteiger partial charge in [-0.05, 0) is 77.9 Å². The third kappa shape index (κ3) is 6.39. The Morgan fingerprint density at radius 1 is 1.15 bits per heavy atom. The molecule has 16 heteroatoms. The fraction of sp³-hybridized carbons (Fsp3) is 0.280. The van der Waals surface area contributed by atoms with E-state index < -0.39 is 30.1 Å². The monoisotopic (exact) mass is 707 g/mol. The Kier molecular flexibility index (Phi) is 8.77. The minimum Gasteiger partial charge on any atom is -0.352 e. The summed E-state index contributed by atoms with van der Waals surface area (Å²) in [7, 11) is 0. The summed E-state index contributed by atoms with van der Waals surface area (Å²) in [6.07, 6.45) is -4.20. The van der Waals surface area contributed by atoms with Crippen molar-refractivity contribution in [2.24, 2.45) is 0 Å². The van der Waals surface area contributed by atoms with E-state index in [9.17, 15) is 31.5 Å². The van der Waals surface area contributed by atoms with E-state index >= 15 is 0 Å². The Hall–Kier alpha value is -3.47. The lowest BCUT2D eigenvalue weighted by molar-refractivity contribution is -0.291. The Balaban J connectivity index is 1.73. The standard InChI is InChI=1S/C25H20ClF5IN7O2/c1-3-33-23(41)17-8-14(32)7-13(2)16(17)10-20(40)19-9-15(36-39(19)22-18(26)5-4-6-34-22)11-38-12-21(35-37-38)24(27,28)25(29,30)31/h4-9,12H,3,10-11H2,1-2H3,(H,33,41). The van der Waals surface area contributed by atoms with Crippen LogP contribution in [0.1, 0.15) is 50.3 Å². The number of aryl methyl sites for hydroxylation is 1. The molecule has 1 aromatic carbocycles. The number of pyridine rings is 1. The molecule has 1 N–H and O–H groups in total. The zero-order valence-electron chi connectivity index (χ0n) is 21.3. The Morgan fingerprint density at radius 2 is 1.88 bits per heavy atom. The first-order valence-electron chi connectivity index (χ1n) is 11.9. The Bertz CT molecular complexity index is 1620. The van der Waals surface area contributed by atoms with Gasteiger partial charge in [-0.25, -0.2) is 14.3 Å². The molecular weight excluding hydrogens is 688 g/mol. The zero-order chi connectivity index (χ0) is 30.1. The van der Waals surface area contributed by atoms with E-state index in [0.717, 1.165) is 12.9 Å². The smallest absolute Gasteiger partial charge is 0.352 e. The van der Waals surface area contributed by atoms with Crippen LogP contribution in [0.2, 0.25) is 5.02 Å². The molecule has 0 aliphatic heterocycles. The average molecular weight is 708 g/mol. The third-order valence-corrected chi connectivity index (χ3v) is 6.80. The number of amides is 1. The van der Waals surface area contributed by atoms with Crippen molar-refractivity contribution in [2.75, 3.05) is 6.54 Å². The number of carbonyl (C=O) groups is 2. The first-order chi connectivity index (χ1) is 19.2. The van der Waals surface area contributed by atoms with Crippen LogP contribution < -0.4 is 5.32 Å². The van der Waals surface area contributed by atoms with Gasteiger partial charge in [-0.3, -0.25) is 9.59 Å². The van der Waals surface area contributed by atoms with Crippen LogP contribution in [0.15, 0.2) is 42.7 Å². The molecule has 1 amide bonds. The maximum atomic E-state index is 13.7. The summed E-state index contributed by atoms with van der Waals surface area (Å²) in [5.74, 6) is -5.96. The molecule has 3 heterocycles. The third-order valence-electron chi connectivity index (χ3n) is 5.88. The van der Waals surface area contributed by atoms with E-state index in [0.29, 0.717) is 29.4 Å². The summed E-state index contributed by atoms with van der Waals surface area (Å²) in [5.41, 5.74) is -0.00737. The fourth-order valence-corrected chi connectivity index (χ4v) is 4.93. The molecule has 0 saturated heterocycles. The van der Waals surface area contributed by atoms with Crippen LogP contribution in [0.25, 0.3) is 5.82 Å². The second kappa shape index (κ2) is 11.8. The highest BCUT2D eigenvalue weighted by Crippen LogP contribution is 2.42. The maximum Gasteiger partial charge on any atom is 0.459 e. The number of alkyl halides is 5. The van der Waals surface area contributed by atoms with Crippen LogP contribution in [0, 0.1) is 10.5 Å². The van der Waals surface area contributed by atoms with Crippen LogP contribution in [0.5, 0.6) is 0 Å². The van der Waals surface area contributed by atoms with Crippen LogP contribution in [0.3, 0.4) is 0 Å². The molecule has 0 radical (unpaired) electrons. The van der Waals surface area contributed by atoms with Crippen LogP contribution >= 0.6 is 34.2 Å². The van der Waals surface area contributed by atoms with Crippen molar-refractivity contribution < 1.29 is 31.5 Å². The van der Waals surface area contributed by atoms with Crippen molar-refractivity contribution in [1.29, 1.82) is 0 Å². The van der Waals surface area contributed by atoms with Crippen molar-refractivity contribution in [2.45, 2.75) is 38.9 Å². The van der Waals surface area contributed by atoms with Gasteiger partial charge in [0.05, 0.1) is 23.5 Å². The molecule has 3 aromatic heterocycles. The summed E-state index contributed by atoms with van der Waals surface area (Å²) in [6, 6.07) is 7.88. The van der Waals surface area contributed by atoms with Gasteiger partial charge in [0.1, 0.15) is 5.69 Å². The molecule has 216 valence electrons. The second-order valence-corrected chi connectivity index (χ2v) is 10.5. The number of aromatic nitrogens is 6. The molecule has 0 aliphatic rings. The van der Waals surface area contributed by atoms with Gasteiger partial charge in [0.15, 0.2) is 17.3 Å².